The van der Waals surface area contributed by atoms with E-state index in [1.54, 1.807) is 19.1 Å². The molecule has 144 valence electrons. The summed E-state index contributed by atoms with van der Waals surface area (Å²) in [5.74, 6) is -1.18. The fourth-order valence-corrected chi connectivity index (χ4v) is 3.29. The molecule has 0 radical (unpaired) electrons. The van der Waals surface area contributed by atoms with Gasteiger partial charge in [-0.2, -0.15) is 0 Å². The van der Waals surface area contributed by atoms with Crippen molar-refractivity contribution < 1.29 is 22.7 Å². The lowest BCUT2D eigenvalue weighted by Gasteiger charge is -2.22. The third-order valence-corrected chi connectivity index (χ3v) is 4.89. The van der Waals surface area contributed by atoms with Crippen LogP contribution in [0.15, 0.2) is 48.5 Å². The molecule has 0 bridgehead atoms. The summed E-state index contributed by atoms with van der Waals surface area (Å²) in [6.45, 7) is 1.41. The molecule has 2 aromatic rings. The number of anilines is 2. The van der Waals surface area contributed by atoms with Crippen LogP contribution in [0.2, 0.25) is 5.02 Å². The van der Waals surface area contributed by atoms with Gasteiger partial charge in [0, 0.05) is 5.02 Å². The normalized spacial score (nSPS) is 10.9. The maximum Gasteiger partial charge on any atom is 0.340 e. The predicted octanol–water partition coefficient (Wildman–Crippen LogP) is 2.92. The SMILES string of the molecule is CCOC(=O)c1ccccc1NC(=O)CN(c1ccc(Cl)cc1)S(C)(=O)=O. The Labute approximate surface area is 162 Å². The van der Waals surface area contributed by atoms with Crippen molar-refractivity contribution >= 4 is 44.9 Å². The maximum atomic E-state index is 12.4. The van der Waals surface area contributed by atoms with E-state index >= 15 is 0 Å². The Bertz CT molecular complexity index is 929. The quantitative estimate of drug-likeness (QED) is 0.708. The molecule has 0 atom stereocenters. The van der Waals surface area contributed by atoms with Gasteiger partial charge in [0.1, 0.15) is 6.54 Å². The first kappa shape index (κ1) is 20.7. The van der Waals surface area contributed by atoms with E-state index in [1.807, 2.05) is 0 Å². The molecule has 2 rings (SSSR count). The van der Waals surface area contributed by atoms with Crippen molar-refractivity contribution in [2.24, 2.45) is 0 Å². The van der Waals surface area contributed by atoms with Crippen LogP contribution in [0.3, 0.4) is 0 Å². The lowest BCUT2D eigenvalue weighted by atomic mass is 10.2. The lowest BCUT2D eigenvalue weighted by molar-refractivity contribution is -0.114. The molecule has 0 saturated heterocycles. The minimum absolute atomic E-state index is 0.185. The minimum atomic E-state index is -3.72. The van der Waals surface area contributed by atoms with Gasteiger partial charge in [-0.1, -0.05) is 23.7 Å². The van der Waals surface area contributed by atoms with Crippen molar-refractivity contribution in [3.8, 4) is 0 Å². The zero-order chi connectivity index (χ0) is 20.0. The van der Waals surface area contributed by atoms with E-state index in [2.05, 4.69) is 5.32 Å². The molecule has 1 N–H and O–H groups in total. The second-order valence-corrected chi connectivity index (χ2v) is 7.90. The first-order valence-corrected chi connectivity index (χ1v) is 10.2. The Kier molecular flexibility index (Phi) is 6.81. The molecule has 27 heavy (non-hydrogen) atoms. The number of nitrogens with one attached hydrogen (secondary N) is 1. The van der Waals surface area contributed by atoms with Gasteiger partial charge in [-0.3, -0.25) is 9.10 Å². The van der Waals surface area contributed by atoms with Crippen LogP contribution in [-0.2, 0) is 19.6 Å². The summed E-state index contributed by atoms with van der Waals surface area (Å²) in [5.41, 5.74) is 0.728. The van der Waals surface area contributed by atoms with Crippen LogP contribution < -0.4 is 9.62 Å². The predicted molar refractivity (Wildman–Crippen MR) is 105 cm³/mol. The number of benzene rings is 2. The topological polar surface area (TPSA) is 92.8 Å². The largest absolute Gasteiger partial charge is 0.462 e. The number of nitrogens with zero attached hydrogens (tertiary/aromatic N) is 1. The van der Waals surface area contributed by atoms with Crippen molar-refractivity contribution in [1.82, 2.24) is 0 Å². The molecular weight excluding hydrogens is 392 g/mol. The van der Waals surface area contributed by atoms with Gasteiger partial charge in [0.25, 0.3) is 0 Å². The van der Waals surface area contributed by atoms with E-state index in [1.165, 1.54) is 36.4 Å². The highest BCUT2D eigenvalue weighted by molar-refractivity contribution is 7.92. The van der Waals surface area contributed by atoms with E-state index < -0.39 is 28.4 Å². The van der Waals surface area contributed by atoms with Crippen LogP contribution in [0.25, 0.3) is 0 Å². The summed E-state index contributed by atoms with van der Waals surface area (Å²) in [6, 6.07) is 12.4. The van der Waals surface area contributed by atoms with E-state index in [-0.39, 0.29) is 17.9 Å². The van der Waals surface area contributed by atoms with Crippen molar-refractivity contribution in [1.29, 1.82) is 0 Å². The number of amides is 1. The van der Waals surface area contributed by atoms with Gasteiger partial charge in [0.05, 0.1) is 29.8 Å². The summed E-state index contributed by atoms with van der Waals surface area (Å²) in [7, 11) is -3.72. The number of esters is 1. The number of sulfonamides is 1. The second kappa shape index (κ2) is 8.88. The number of halogens is 1. The van der Waals surface area contributed by atoms with E-state index in [0.717, 1.165) is 10.6 Å². The Morgan fingerprint density at radius 3 is 2.33 bits per heavy atom. The Balaban J connectivity index is 2.22. The van der Waals surface area contributed by atoms with Crippen molar-refractivity contribution in [2.45, 2.75) is 6.92 Å². The number of hydrogen-bond donors (Lipinski definition) is 1. The fourth-order valence-electron chi connectivity index (χ4n) is 2.31. The zero-order valence-corrected chi connectivity index (χ0v) is 16.4. The molecule has 0 fully saturated rings. The summed E-state index contributed by atoms with van der Waals surface area (Å²) < 4.78 is 30.1. The number of carbonyl (C=O) groups excluding carboxylic acids is 2. The summed E-state index contributed by atoms with van der Waals surface area (Å²) in [4.78, 5) is 24.4. The maximum absolute atomic E-state index is 12.4. The average Bonchev–Trinajstić information content (AvgIpc) is 2.60. The molecule has 0 unspecified atom stereocenters. The van der Waals surface area contributed by atoms with E-state index in [9.17, 15) is 18.0 Å². The average molecular weight is 411 g/mol. The molecule has 0 aliphatic rings. The molecule has 0 aliphatic carbocycles. The Hall–Kier alpha value is -2.58. The molecule has 1 amide bonds. The van der Waals surface area contributed by atoms with E-state index in [0.29, 0.717) is 10.7 Å². The Morgan fingerprint density at radius 2 is 1.74 bits per heavy atom. The number of carbonyl (C=O) groups is 2. The molecule has 0 saturated carbocycles. The van der Waals surface area contributed by atoms with Gasteiger partial charge < -0.3 is 10.1 Å². The molecule has 0 aromatic heterocycles. The fraction of sp³-hybridized carbons (Fsp3) is 0.222. The number of para-hydroxylation sites is 1. The molecule has 0 heterocycles. The van der Waals surface area contributed by atoms with Gasteiger partial charge in [-0.05, 0) is 43.3 Å². The first-order chi connectivity index (χ1) is 12.7. The number of ether oxygens (including phenoxy) is 1. The third kappa shape index (κ3) is 5.70. The molecule has 0 spiro atoms. The summed E-state index contributed by atoms with van der Waals surface area (Å²) >= 11 is 5.83. The summed E-state index contributed by atoms with van der Waals surface area (Å²) in [5, 5.41) is 3.01. The van der Waals surface area contributed by atoms with Gasteiger partial charge in [-0.15, -0.1) is 0 Å². The number of rotatable bonds is 7. The van der Waals surface area contributed by atoms with Crippen LogP contribution in [0.4, 0.5) is 11.4 Å². The van der Waals surface area contributed by atoms with Gasteiger partial charge in [0.2, 0.25) is 15.9 Å². The highest BCUT2D eigenvalue weighted by atomic mass is 35.5. The highest BCUT2D eigenvalue weighted by Crippen LogP contribution is 2.21. The molecule has 7 nitrogen and oxygen atoms in total. The van der Waals surface area contributed by atoms with Crippen LogP contribution in [0, 0.1) is 0 Å². The smallest absolute Gasteiger partial charge is 0.340 e. The first-order valence-electron chi connectivity index (χ1n) is 8.01. The van der Waals surface area contributed by atoms with Crippen molar-refractivity contribution in [3.05, 3.63) is 59.1 Å². The summed E-state index contributed by atoms with van der Waals surface area (Å²) in [6.07, 6.45) is 1.00. The van der Waals surface area contributed by atoms with E-state index in [4.69, 9.17) is 16.3 Å². The van der Waals surface area contributed by atoms with Gasteiger partial charge >= 0.3 is 5.97 Å². The third-order valence-electron chi connectivity index (χ3n) is 3.50. The zero-order valence-electron chi connectivity index (χ0n) is 14.8. The minimum Gasteiger partial charge on any atom is -0.462 e. The Morgan fingerprint density at radius 1 is 1.11 bits per heavy atom. The monoisotopic (exact) mass is 410 g/mol. The van der Waals surface area contributed by atoms with Gasteiger partial charge in [-0.25, -0.2) is 13.2 Å². The second-order valence-electron chi connectivity index (χ2n) is 5.56. The van der Waals surface area contributed by atoms with Crippen LogP contribution in [0.5, 0.6) is 0 Å². The molecule has 2 aromatic carbocycles. The standard InChI is InChI=1S/C18H19ClN2O5S/c1-3-26-18(23)15-6-4-5-7-16(15)20-17(22)12-21(27(2,24)25)14-10-8-13(19)9-11-14/h4-11H,3,12H2,1-2H3,(H,20,22). The molecule has 0 aliphatic heterocycles. The van der Waals surface area contributed by atoms with Crippen LogP contribution in [-0.4, -0.2) is 39.7 Å². The van der Waals surface area contributed by atoms with Crippen LogP contribution >= 0.6 is 11.6 Å². The highest BCUT2D eigenvalue weighted by Gasteiger charge is 2.22. The lowest BCUT2D eigenvalue weighted by Crippen LogP contribution is -2.37. The molecular formula is C18H19ClN2O5S. The van der Waals surface area contributed by atoms with Crippen molar-refractivity contribution in [2.75, 3.05) is 29.0 Å². The number of hydrogen-bond acceptors (Lipinski definition) is 5. The van der Waals surface area contributed by atoms with Crippen molar-refractivity contribution in [3.63, 3.8) is 0 Å². The molecule has 9 heteroatoms. The van der Waals surface area contributed by atoms with Gasteiger partial charge in [0.15, 0.2) is 0 Å². The van der Waals surface area contributed by atoms with Crippen LogP contribution in [0.1, 0.15) is 17.3 Å².